The van der Waals surface area contributed by atoms with Crippen LogP contribution in [0.25, 0.3) is 0 Å². The van der Waals surface area contributed by atoms with Gasteiger partial charge in [-0.3, -0.25) is 4.79 Å². The molecule has 0 radical (unpaired) electrons. The molecule has 0 spiro atoms. The number of carbonyl (C=O) groups is 1. The van der Waals surface area contributed by atoms with Gasteiger partial charge in [-0.2, -0.15) is 0 Å². The van der Waals surface area contributed by atoms with E-state index in [4.69, 9.17) is 0 Å². The van der Waals surface area contributed by atoms with E-state index in [1.54, 1.807) is 11.3 Å². The molecule has 1 saturated heterocycles. The topological polar surface area (TPSA) is 41.1 Å². The van der Waals surface area contributed by atoms with Gasteiger partial charge in [0.1, 0.15) is 0 Å². The zero-order valence-electron chi connectivity index (χ0n) is 15.0. The number of piperidine rings is 1. The van der Waals surface area contributed by atoms with Crippen LogP contribution in [-0.2, 0) is 17.6 Å². The molecule has 1 atom stereocenters. The van der Waals surface area contributed by atoms with Crippen LogP contribution >= 0.6 is 23.7 Å². The summed E-state index contributed by atoms with van der Waals surface area (Å²) in [6.45, 7) is 1.89. The lowest BCUT2D eigenvalue weighted by Crippen LogP contribution is -2.39. The van der Waals surface area contributed by atoms with Crippen molar-refractivity contribution in [3.05, 3.63) is 57.3 Å². The Hall–Kier alpha value is -1.36. The van der Waals surface area contributed by atoms with Gasteiger partial charge in [0, 0.05) is 10.8 Å². The first-order valence-electron chi connectivity index (χ1n) is 9.47. The van der Waals surface area contributed by atoms with Crippen LogP contribution in [0.3, 0.4) is 0 Å². The van der Waals surface area contributed by atoms with Gasteiger partial charge in [-0.25, -0.2) is 0 Å². The second kappa shape index (κ2) is 9.03. The summed E-state index contributed by atoms with van der Waals surface area (Å²) in [5.41, 5.74) is 4.19. The second-order valence-electron chi connectivity index (χ2n) is 7.22. The molecule has 4 rings (SSSR count). The van der Waals surface area contributed by atoms with Gasteiger partial charge in [0.05, 0.1) is 6.04 Å². The molecule has 2 aromatic rings. The number of hydrogen-bond donors (Lipinski definition) is 2. The Bertz CT molecular complexity index is 726. The van der Waals surface area contributed by atoms with Crippen LogP contribution in [0.15, 0.2) is 35.7 Å². The molecule has 0 saturated carbocycles. The summed E-state index contributed by atoms with van der Waals surface area (Å²) < 4.78 is 0. The quantitative estimate of drug-likeness (QED) is 0.819. The number of hydrogen-bond acceptors (Lipinski definition) is 3. The minimum atomic E-state index is -0.0189. The fraction of sp³-hybridized carbons (Fsp3) is 0.476. The summed E-state index contributed by atoms with van der Waals surface area (Å²) in [6, 6.07) is 11.0. The van der Waals surface area contributed by atoms with E-state index < -0.39 is 0 Å². The molecule has 140 valence electrons. The fourth-order valence-corrected chi connectivity index (χ4v) is 4.85. The third-order valence-electron chi connectivity index (χ3n) is 5.53. The maximum atomic E-state index is 12.8. The van der Waals surface area contributed by atoms with Crippen LogP contribution in [0.1, 0.15) is 53.3 Å². The smallest absolute Gasteiger partial charge is 0.223 e. The Kier molecular flexibility index (Phi) is 6.74. The highest BCUT2D eigenvalue weighted by Gasteiger charge is 2.25. The molecular formula is C21H27ClN2OS. The number of nitrogens with one attached hydrogen (secondary N) is 2. The van der Waals surface area contributed by atoms with Crippen molar-refractivity contribution in [1.82, 2.24) is 10.6 Å². The fourth-order valence-electron chi connectivity index (χ4n) is 4.05. The highest BCUT2D eigenvalue weighted by molar-refractivity contribution is 7.10. The molecule has 1 aliphatic heterocycles. The van der Waals surface area contributed by atoms with Gasteiger partial charge in [0.2, 0.25) is 5.91 Å². The van der Waals surface area contributed by atoms with E-state index in [9.17, 15) is 4.79 Å². The number of carbonyl (C=O) groups excluding carboxylic acids is 1. The number of amides is 1. The van der Waals surface area contributed by atoms with Gasteiger partial charge in [-0.1, -0.05) is 24.3 Å². The van der Waals surface area contributed by atoms with Crippen LogP contribution in [0.4, 0.5) is 0 Å². The average Bonchev–Trinajstić information content (AvgIpc) is 3.20. The van der Waals surface area contributed by atoms with Crippen molar-refractivity contribution in [2.24, 2.45) is 5.92 Å². The van der Waals surface area contributed by atoms with Crippen LogP contribution in [0, 0.1) is 5.92 Å². The summed E-state index contributed by atoms with van der Waals surface area (Å²) in [5, 5.41) is 8.79. The van der Waals surface area contributed by atoms with Crippen molar-refractivity contribution in [3.8, 4) is 0 Å². The minimum Gasteiger partial charge on any atom is -0.344 e. The van der Waals surface area contributed by atoms with Gasteiger partial charge in [-0.05, 0) is 79.8 Å². The van der Waals surface area contributed by atoms with E-state index in [1.165, 1.54) is 47.3 Å². The highest BCUT2D eigenvalue weighted by atomic mass is 35.5. The van der Waals surface area contributed by atoms with Crippen LogP contribution in [0.2, 0.25) is 0 Å². The molecule has 0 bridgehead atoms. The Morgan fingerprint density at radius 3 is 2.62 bits per heavy atom. The first-order valence-corrected chi connectivity index (χ1v) is 10.4. The molecule has 5 heteroatoms. The van der Waals surface area contributed by atoms with Crippen molar-refractivity contribution in [2.75, 3.05) is 13.1 Å². The average molecular weight is 391 g/mol. The Balaban J connectivity index is 0.00000196. The number of aryl methyl sites for hydroxylation is 2. The standard InChI is InChI=1S/C21H26N2OS.ClH/c24-21(16-9-11-22-12-10-16)23-20(19-6-3-13-25-19)18-8-7-15-4-1-2-5-17(15)14-18;/h3,6-8,13-14,16,20,22H,1-2,4-5,9-12H2,(H,23,24);1H. The Morgan fingerprint density at radius 2 is 1.88 bits per heavy atom. The maximum absolute atomic E-state index is 12.8. The van der Waals surface area contributed by atoms with Crippen molar-refractivity contribution in [1.29, 1.82) is 0 Å². The molecule has 1 aromatic heterocycles. The molecule has 1 amide bonds. The number of fused-ring (bicyclic) bond motifs is 1. The van der Waals surface area contributed by atoms with Crippen LogP contribution in [0.5, 0.6) is 0 Å². The summed E-state index contributed by atoms with van der Waals surface area (Å²) >= 11 is 1.72. The molecule has 1 aromatic carbocycles. The molecule has 2 heterocycles. The van der Waals surface area contributed by atoms with E-state index in [-0.39, 0.29) is 30.3 Å². The third-order valence-corrected chi connectivity index (χ3v) is 6.47. The predicted molar refractivity (Wildman–Crippen MR) is 110 cm³/mol. The predicted octanol–water partition coefficient (Wildman–Crippen LogP) is 4.25. The van der Waals surface area contributed by atoms with Crippen LogP contribution < -0.4 is 10.6 Å². The van der Waals surface area contributed by atoms with E-state index in [2.05, 4.69) is 46.3 Å². The minimum absolute atomic E-state index is 0. The molecule has 3 nitrogen and oxygen atoms in total. The summed E-state index contributed by atoms with van der Waals surface area (Å²) in [6.07, 6.45) is 6.82. The van der Waals surface area contributed by atoms with Crippen molar-refractivity contribution in [3.63, 3.8) is 0 Å². The second-order valence-corrected chi connectivity index (χ2v) is 8.20. The molecular weight excluding hydrogens is 364 g/mol. The largest absolute Gasteiger partial charge is 0.344 e. The summed E-state index contributed by atoms with van der Waals surface area (Å²) in [7, 11) is 0. The lowest BCUT2D eigenvalue weighted by molar-refractivity contribution is -0.126. The van der Waals surface area contributed by atoms with E-state index >= 15 is 0 Å². The van der Waals surface area contributed by atoms with E-state index in [0.717, 1.165) is 25.9 Å². The number of thiophene rings is 1. The van der Waals surface area contributed by atoms with E-state index in [1.807, 2.05) is 0 Å². The van der Waals surface area contributed by atoms with Crippen molar-refractivity contribution < 1.29 is 4.79 Å². The van der Waals surface area contributed by atoms with Gasteiger partial charge in [0.25, 0.3) is 0 Å². The zero-order chi connectivity index (χ0) is 17.1. The van der Waals surface area contributed by atoms with Crippen LogP contribution in [-0.4, -0.2) is 19.0 Å². The number of rotatable bonds is 4. The molecule has 26 heavy (non-hydrogen) atoms. The first-order chi connectivity index (χ1) is 12.3. The zero-order valence-corrected chi connectivity index (χ0v) is 16.6. The lowest BCUT2D eigenvalue weighted by Gasteiger charge is -2.26. The van der Waals surface area contributed by atoms with Crippen molar-refractivity contribution >= 4 is 29.7 Å². The lowest BCUT2D eigenvalue weighted by atomic mass is 9.88. The van der Waals surface area contributed by atoms with E-state index in [0.29, 0.717) is 0 Å². The van der Waals surface area contributed by atoms with Gasteiger partial charge < -0.3 is 10.6 Å². The Labute approximate surface area is 166 Å². The molecule has 1 unspecified atom stereocenters. The molecule has 1 fully saturated rings. The molecule has 2 N–H and O–H groups in total. The normalized spacial score (nSPS) is 18.5. The van der Waals surface area contributed by atoms with Gasteiger partial charge in [-0.15, -0.1) is 23.7 Å². The SMILES string of the molecule is Cl.O=C(NC(c1ccc2c(c1)CCCC2)c1cccs1)C1CCNCC1. The Morgan fingerprint density at radius 1 is 1.12 bits per heavy atom. The third kappa shape index (κ3) is 4.30. The molecule has 1 aliphatic carbocycles. The highest BCUT2D eigenvalue weighted by Crippen LogP contribution is 2.30. The van der Waals surface area contributed by atoms with Gasteiger partial charge in [0.15, 0.2) is 0 Å². The summed E-state index contributed by atoms with van der Waals surface area (Å²) in [5.74, 6) is 0.346. The molecule has 2 aliphatic rings. The van der Waals surface area contributed by atoms with Gasteiger partial charge >= 0.3 is 0 Å². The summed E-state index contributed by atoms with van der Waals surface area (Å²) in [4.78, 5) is 14.1. The first kappa shape index (κ1) is 19.4. The monoisotopic (exact) mass is 390 g/mol. The number of halogens is 1. The van der Waals surface area contributed by atoms with Crippen molar-refractivity contribution in [2.45, 2.75) is 44.6 Å². The number of benzene rings is 1. The maximum Gasteiger partial charge on any atom is 0.223 e.